The zero-order chi connectivity index (χ0) is 41.3. The van der Waals surface area contributed by atoms with E-state index in [4.69, 9.17) is 33.9 Å². The molecule has 0 radical (unpaired) electrons. The van der Waals surface area contributed by atoms with Crippen LogP contribution in [0.25, 0.3) is 22.8 Å². The van der Waals surface area contributed by atoms with Crippen molar-refractivity contribution >= 4 is 23.9 Å². The van der Waals surface area contributed by atoms with Gasteiger partial charge in [0, 0.05) is 39.3 Å². The van der Waals surface area contributed by atoms with Gasteiger partial charge in [-0.1, -0.05) is 12.1 Å². The van der Waals surface area contributed by atoms with Gasteiger partial charge in [-0.05, 0) is 106 Å². The zero-order valence-corrected chi connectivity index (χ0v) is 34.6. The molecule has 14 nitrogen and oxygen atoms in total. The molecule has 14 heteroatoms. The van der Waals surface area contributed by atoms with Crippen LogP contribution in [-0.2, 0) is 46.4 Å². The van der Waals surface area contributed by atoms with E-state index in [9.17, 15) is 19.2 Å². The number of ether oxygens (including phenoxy) is 4. The van der Waals surface area contributed by atoms with E-state index in [1.165, 1.54) is 0 Å². The number of fused-ring (bicyclic) bond motifs is 8. The predicted molar refractivity (Wildman–Crippen MR) is 211 cm³/mol. The Morgan fingerprint density at radius 3 is 1.30 bits per heavy atom. The average Bonchev–Trinajstić information content (AvgIpc) is 3.06. The van der Waals surface area contributed by atoms with Crippen LogP contribution in [0.15, 0.2) is 48.5 Å². The van der Waals surface area contributed by atoms with E-state index in [2.05, 4.69) is 0 Å². The highest BCUT2D eigenvalue weighted by Gasteiger charge is 2.25. The lowest BCUT2D eigenvalue weighted by Crippen LogP contribution is -2.45. The summed E-state index contributed by atoms with van der Waals surface area (Å²) in [7, 11) is 0. The minimum atomic E-state index is -0.688. The van der Waals surface area contributed by atoms with Crippen LogP contribution in [0.4, 0.5) is 0 Å². The van der Waals surface area contributed by atoms with E-state index in [-0.39, 0.29) is 39.3 Å². The fourth-order valence-corrected chi connectivity index (χ4v) is 5.94. The Balaban J connectivity index is 1.82. The lowest BCUT2D eigenvalue weighted by molar-refractivity contribution is -0.158. The van der Waals surface area contributed by atoms with Crippen molar-refractivity contribution in [3.05, 3.63) is 65.5 Å². The lowest BCUT2D eigenvalue weighted by atomic mass is 10.1. The topological polar surface area (TPSA) is 154 Å². The Morgan fingerprint density at radius 1 is 0.554 bits per heavy atom. The molecule has 0 saturated heterocycles. The molecule has 0 amide bonds. The number of hydrogen-bond donors (Lipinski definition) is 0. The molecule has 0 unspecified atom stereocenters. The minimum Gasteiger partial charge on any atom is -0.462 e. The molecule has 1 aliphatic rings. The molecule has 3 aromatic heterocycles. The first-order valence-corrected chi connectivity index (χ1v) is 19.1. The standard InChI is InChI=1S/C42H58N6O8/c1-11-53-39(52)29-22-34-32-16-12-14-30(43-32)24-47(27-37(50)55-41(5,6)7)20-18-46(26-36(49)54-40(2,3)4)19-21-48(28-38(51)56-42(8,9)10)25-31-15-13-17-33(44-31)35(23-29)45-34/h12-17,22-23H,11,18-21,24-28H2,1-10H3. The van der Waals surface area contributed by atoms with Crippen molar-refractivity contribution in [3.8, 4) is 22.8 Å². The SMILES string of the molecule is CCOC(=O)c1cc2nc(c1)-c1cccc(n1)CN(CC(=O)OC(C)(C)C)CCN(CC(=O)OC(C)(C)C)CCN(CC(=O)OC(C)(C)C)Cc1cccc-2n1. The van der Waals surface area contributed by atoms with Crippen molar-refractivity contribution in [2.24, 2.45) is 0 Å². The molecule has 0 saturated carbocycles. The lowest BCUT2D eigenvalue weighted by Gasteiger charge is -2.31. The third kappa shape index (κ3) is 15.0. The molecule has 0 spiro atoms. The summed E-state index contributed by atoms with van der Waals surface area (Å²) in [5.74, 6) is -1.70. The summed E-state index contributed by atoms with van der Waals surface area (Å²) in [6.45, 7) is 20.3. The molecule has 1 aliphatic heterocycles. The van der Waals surface area contributed by atoms with Crippen LogP contribution < -0.4 is 0 Å². The third-order valence-corrected chi connectivity index (χ3v) is 8.03. The van der Waals surface area contributed by atoms with Crippen molar-refractivity contribution in [2.45, 2.75) is 99.1 Å². The largest absolute Gasteiger partial charge is 0.462 e. The fraction of sp³-hybridized carbons (Fsp3) is 0.548. The van der Waals surface area contributed by atoms with Gasteiger partial charge in [-0.25, -0.2) is 19.7 Å². The summed E-state index contributed by atoms with van der Waals surface area (Å²) in [6, 6.07) is 14.3. The highest BCUT2D eigenvalue weighted by molar-refractivity contribution is 5.92. The van der Waals surface area contributed by atoms with Gasteiger partial charge < -0.3 is 18.9 Å². The molecule has 3 aromatic rings. The van der Waals surface area contributed by atoms with Gasteiger partial charge in [-0.3, -0.25) is 29.1 Å². The molecular formula is C42H58N6O8. The van der Waals surface area contributed by atoms with Crippen molar-refractivity contribution < 1.29 is 38.1 Å². The average molecular weight is 775 g/mol. The summed E-state index contributed by atoms with van der Waals surface area (Å²) in [6.07, 6.45) is 0. The Morgan fingerprint density at radius 2 is 0.929 bits per heavy atom. The Hall–Kier alpha value is -4.79. The van der Waals surface area contributed by atoms with Gasteiger partial charge in [0.2, 0.25) is 0 Å². The minimum absolute atomic E-state index is 0.0115. The van der Waals surface area contributed by atoms with Crippen molar-refractivity contribution in [3.63, 3.8) is 0 Å². The Bertz CT molecular complexity index is 1740. The first kappa shape index (κ1) is 43.9. The van der Waals surface area contributed by atoms with Crippen LogP contribution in [0.1, 0.15) is 91.0 Å². The Labute approximate surface area is 330 Å². The molecule has 4 rings (SSSR count). The number of rotatable bonds is 8. The number of pyridine rings is 3. The highest BCUT2D eigenvalue weighted by Crippen LogP contribution is 2.25. The Kier molecular flexibility index (Phi) is 14.8. The number of aromatic nitrogens is 3. The van der Waals surface area contributed by atoms with Crippen LogP contribution in [0, 0.1) is 0 Å². The van der Waals surface area contributed by atoms with Gasteiger partial charge in [0.25, 0.3) is 0 Å². The number of esters is 4. The van der Waals surface area contributed by atoms with Crippen LogP contribution in [-0.4, -0.2) is 123 Å². The molecule has 56 heavy (non-hydrogen) atoms. The summed E-state index contributed by atoms with van der Waals surface area (Å²) in [5.41, 5.74) is 1.45. The fourth-order valence-electron chi connectivity index (χ4n) is 5.94. The maximum atomic E-state index is 13.2. The van der Waals surface area contributed by atoms with Gasteiger partial charge >= 0.3 is 23.9 Å². The van der Waals surface area contributed by atoms with E-state index >= 15 is 0 Å². The maximum absolute atomic E-state index is 13.2. The molecule has 304 valence electrons. The summed E-state index contributed by atoms with van der Waals surface area (Å²) < 4.78 is 22.5. The van der Waals surface area contributed by atoms with E-state index in [1.54, 1.807) is 19.1 Å². The highest BCUT2D eigenvalue weighted by atomic mass is 16.6. The quantitative estimate of drug-likeness (QED) is 0.214. The molecule has 0 N–H and O–H groups in total. The second kappa shape index (κ2) is 18.9. The number of hydrogen-bond acceptors (Lipinski definition) is 14. The second-order valence-electron chi connectivity index (χ2n) is 16.8. The molecule has 0 aromatic carbocycles. The second-order valence-corrected chi connectivity index (χ2v) is 16.8. The molecule has 4 heterocycles. The monoisotopic (exact) mass is 774 g/mol. The number of nitrogens with zero attached hydrogens (tertiary/aromatic N) is 6. The van der Waals surface area contributed by atoms with Crippen molar-refractivity contribution in [2.75, 3.05) is 52.4 Å². The smallest absolute Gasteiger partial charge is 0.338 e. The first-order valence-electron chi connectivity index (χ1n) is 19.1. The molecule has 0 aliphatic carbocycles. The van der Waals surface area contributed by atoms with Gasteiger partial charge in [0.05, 0.1) is 66.0 Å². The van der Waals surface area contributed by atoms with E-state index < -0.39 is 40.7 Å². The molecule has 0 fully saturated rings. The van der Waals surface area contributed by atoms with Gasteiger partial charge in [-0.15, -0.1) is 0 Å². The van der Waals surface area contributed by atoms with Crippen LogP contribution in [0.2, 0.25) is 0 Å². The normalized spacial score (nSPS) is 15.2. The summed E-state index contributed by atoms with van der Waals surface area (Å²) in [5, 5.41) is 0. The first-order chi connectivity index (χ1) is 26.1. The summed E-state index contributed by atoms with van der Waals surface area (Å²) in [4.78, 5) is 73.3. The van der Waals surface area contributed by atoms with Crippen molar-refractivity contribution in [1.29, 1.82) is 0 Å². The van der Waals surface area contributed by atoms with E-state index in [0.717, 1.165) is 0 Å². The third-order valence-electron chi connectivity index (χ3n) is 8.03. The number of carbonyl (C=O) groups is 4. The van der Waals surface area contributed by atoms with E-state index in [0.29, 0.717) is 65.9 Å². The van der Waals surface area contributed by atoms with Gasteiger partial charge in [-0.2, -0.15) is 0 Å². The van der Waals surface area contributed by atoms with Crippen molar-refractivity contribution in [1.82, 2.24) is 29.7 Å². The molecule has 0 atom stereocenters. The maximum Gasteiger partial charge on any atom is 0.338 e. The van der Waals surface area contributed by atoms with Crippen LogP contribution in [0.5, 0.6) is 0 Å². The predicted octanol–water partition coefficient (Wildman–Crippen LogP) is 5.33. The zero-order valence-electron chi connectivity index (χ0n) is 34.6. The molecule has 6 bridgehead atoms. The number of carbonyl (C=O) groups excluding carboxylic acids is 4. The van der Waals surface area contributed by atoms with Crippen LogP contribution in [0.3, 0.4) is 0 Å². The van der Waals surface area contributed by atoms with Crippen LogP contribution >= 0.6 is 0 Å². The van der Waals surface area contributed by atoms with Gasteiger partial charge in [0.15, 0.2) is 0 Å². The van der Waals surface area contributed by atoms with E-state index in [1.807, 2.05) is 113 Å². The summed E-state index contributed by atoms with van der Waals surface area (Å²) >= 11 is 0. The molecular weight excluding hydrogens is 716 g/mol. The van der Waals surface area contributed by atoms with Gasteiger partial charge in [0.1, 0.15) is 16.8 Å².